The van der Waals surface area contributed by atoms with Crippen LogP contribution < -0.4 is 4.74 Å². The minimum atomic E-state index is 0.466. The zero-order chi connectivity index (χ0) is 17.1. The molecule has 0 saturated carbocycles. The number of aryl methyl sites for hydroxylation is 1. The van der Waals surface area contributed by atoms with Gasteiger partial charge in [0.05, 0.1) is 0 Å². The van der Waals surface area contributed by atoms with Crippen LogP contribution in [0.25, 0.3) is 11.4 Å². The Kier molecular flexibility index (Phi) is 4.66. The Bertz CT molecular complexity index is 898. The molecule has 3 aromatic rings. The first kappa shape index (κ1) is 16.3. The number of hydrogen-bond donors (Lipinski definition) is 0. The van der Waals surface area contributed by atoms with Crippen molar-refractivity contribution in [2.24, 2.45) is 0 Å². The van der Waals surface area contributed by atoms with E-state index < -0.39 is 0 Å². The molecule has 0 bridgehead atoms. The van der Waals surface area contributed by atoms with Crippen LogP contribution >= 0.6 is 15.9 Å². The third kappa shape index (κ3) is 3.33. The molecule has 1 aromatic carbocycles. The Balaban J connectivity index is 2.01. The van der Waals surface area contributed by atoms with E-state index in [0.717, 1.165) is 27.6 Å². The Hall–Kier alpha value is -2.60. The zero-order valence-electron chi connectivity index (χ0n) is 13.2. The van der Waals surface area contributed by atoms with Gasteiger partial charge in [-0.1, -0.05) is 15.9 Å². The number of aldehydes is 1. The van der Waals surface area contributed by atoms with E-state index in [1.807, 2.05) is 26.0 Å². The highest BCUT2D eigenvalue weighted by atomic mass is 79.9. The molecule has 0 aliphatic carbocycles. The summed E-state index contributed by atoms with van der Waals surface area (Å²) in [5, 5.41) is 0. The summed E-state index contributed by atoms with van der Waals surface area (Å²) in [4.78, 5) is 24.1. The van der Waals surface area contributed by atoms with E-state index in [1.54, 1.807) is 30.6 Å². The molecule has 0 unspecified atom stereocenters. The minimum Gasteiger partial charge on any atom is -0.439 e. The SMILES string of the molecule is Cc1nc(-c2ccncc2)nc(Oc2ccc(Br)c(C=O)c2)c1C. The van der Waals surface area contributed by atoms with E-state index in [4.69, 9.17) is 4.74 Å². The summed E-state index contributed by atoms with van der Waals surface area (Å²) >= 11 is 3.33. The van der Waals surface area contributed by atoms with E-state index >= 15 is 0 Å². The van der Waals surface area contributed by atoms with Crippen LogP contribution in [0.1, 0.15) is 21.6 Å². The number of halogens is 1. The van der Waals surface area contributed by atoms with E-state index in [-0.39, 0.29) is 0 Å². The minimum absolute atomic E-state index is 0.466. The van der Waals surface area contributed by atoms with E-state index in [1.165, 1.54) is 0 Å². The largest absolute Gasteiger partial charge is 0.439 e. The van der Waals surface area contributed by atoms with Gasteiger partial charge in [-0.25, -0.2) is 4.98 Å². The summed E-state index contributed by atoms with van der Waals surface area (Å²) in [5.41, 5.74) is 3.07. The van der Waals surface area contributed by atoms with Gasteiger partial charge in [-0.05, 0) is 44.2 Å². The monoisotopic (exact) mass is 383 g/mol. The van der Waals surface area contributed by atoms with Gasteiger partial charge in [0.15, 0.2) is 12.1 Å². The standard InChI is InChI=1S/C18H14BrN3O2/c1-11-12(2)21-17(13-5-7-20-8-6-13)22-18(11)24-15-3-4-16(19)14(9-15)10-23/h3-10H,1-2H3. The lowest BCUT2D eigenvalue weighted by Crippen LogP contribution is -2.00. The van der Waals surface area contributed by atoms with Crippen LogP contribution in [0.3, 0.4) is 0 Å². The molecule has 24 heavy (non-hydrogen) atoms. The lowest BCUT2D eigenvalue weighted by molar-refractivity contribution is 0.112. The van der Waals surface area contributed by atoms with Crippen LogP contribution in [-0.2, 0) is 0 Å². The average Bonchev–Trinajstić information content (AvgIpc) is 2.61. The number of carbonyl (C=O) groups is 1. The van der Waals surface area contributed by atoms with E-state index in [2.05, 4.69) is 30.9 Å². The van der Waals surface area contributed by atoms with Gasteiger partial charge in [0, 0.05) is 39.3 Å². The number of aromatic nitrogens is 3. The van der Waals surface area contributed by atoms with Crippen LogP contribution in [0, 0.1) is 13.8 Å². The summed E-state index contributed by atoms with van der Waals surface area (Å²) in [6.07, 6.45) is 4.16. The maximum Gasteiger partial charge on any atom is 0.226 e. The van der Waals surface area contributed by atoms with Crippen LogP contribution in [0.4, 0.5) is 0 Å². The molecule has 2 heterocycles. The molecule has 120 valence electrons. The third-order valence-electron chi connectivity index (χ3n) is 3.59. The fourth-order valence-electron chi connectivity index (χ4n) is 2.12. The molecule has 3 rings (SSSR count). The Labute approximate surface area is 147 Å². The second-order valence-corrected chi connectivity index (χ2v) is 6.06. The number of ether oxygens (including phenoxy) is 1. The quantitative estimate of drug-likeness (QED) is 0.619. The first-order chi connectivity index (χ1) is 11.6. The molecule has 0 saturated heterocycles. The fourth-order valence-corrected chi connectivity index (χ4v) is 2.46. The molecule has 0 aliphatic heterocycles. The van der Waals surface area contributed by atoms with Crippen LogP contribution in [0.15, 0.2) is 47.2 Å². The molecular formula is C18H14BrN3O2. The summed E-state index contributed by atoms with van der Waals surface area (Å²) in [6.45, 7) is 3.81. The van der Waals surface area contributed by atoms with Crippen molar-refractivity contribution in [2.75, 3.05) is 0 Å². The molecular weight excluding hydrogens is 370 g/mol. The third-order valence-corrected chi connectivity index (χ3v) is 4.31. The van der Waals surface area contributed by atoms with Crippen molar-refractivity contribution < 1.29 is 9.53 Å². The van der Waals surface area contributed by atoms with Gasteiger partial charge in [-0.2, -0.15) is 4.98 Å². The lowest BCUT2D eigenvalue weighted by Gasteiger charge is -2.12. The van der Waals surface area contributed by atoms with Crippen LogP contribution in [-0.4, -0.2) is 21.2 Å². The molecule has 5 nitrogen and oxygen atoms in total. The van der Waals surface area contributed by atoms with Crippen molar-refractivity contribution in [1.29, 1.82) is 0 Å². The van der Waals surface area contributed by atoms with E-state index in [9.17, 15) is 4.79 Å². The number of carbonyl (C=O) groups excluding carboxylic acids is 1. The van der Waals surface area contributed by atoms with E-state index in [0.29, 0.717) is 23.0 Å². The van der Waals surface area contributed by atoms with Gasteiger partial charge in [-0.3, -0.25) is 9.78 Å². The molecule has 6 heteroatoms. The van der Waals surface area contributed by atoms with Crippen molar-refractivity contribution in [3.63, 3.8) is 0 Å². The normalized spacial score (nSPS) is 10.5. The second kappa shape index (κ2) is 6.88. The first-order valence-corrected chi connectivity index (χ1v) is 8.06. The van der Waals surface area contributed by atoms with Gasteiger partial charge in [0.25, 0.3) is 0 Å². The summed E-state index contributed by atoms with van der Waals surface area (Å²) in [5.74, 6) is 1.58. The predicted octanol–water partition coefficient (Wildman–Crippen LogP) is 4.52. The first-order valence-electron chi connectivity index (χ1n) is 7.26. The fraction of sp³-hybridized carbons (Fsp3) is 0.111. The van der Waals surface area contributed by atoms with Gasteiger partial charge < -0.3 is 4.74 Å². The van der Waals surface area contributed by atoms with Gasteiger partial charge >= 0.3 is 0 Å². The van der Waals surface area contributed by atoms with Crippen LogP contribution in [0.5, 0.6) is 11.6 Å². The number of hydrogen-bond acceptors (Lipinski definition) is 5. The molecule has 0 fully saturated rings. The van der Waals surface area contributed by atoms with Crippen molar-refractivity contribution in [3.8, 4) is 23.0 Å². The Morgan fingerprint density at radius 3 is 2.54 bits per heavy atom. The highest BCUT2D eigenvalue weighted by Crippen LogP contribution is 2.29. The summed E-state index contributed by atoms with van der Waals surface area (Å²) in [7, 11) is 0. The number of rotatable bonds is 4. The highest BCUT2D eigenvalue weighted by Gasteiger charge is 2.12. The summed E-state index contributed by atoms with van der Waals surface area (Å²) < 4.78 is 6.62. The number of pyridine rings is 1. The molecule has 0 amide bonds. The topological polar surface area (TPSA) is 65.0 Å². The Morgan fingerprint density at radius 1 is 1.08 bits per heavy atom. The van der Waals surface area contributed by atoms with Crippen molar-refractivity contribution >= 4 is 22.2 Å². The highest BCUT2D eigenvalue weighted by molar-refractivity contribution is 9.10. The number of nitrogens with zero attached hydrogens (tertiary/aromatic N) is 3. The van der Waals surface area contributed by atoms with Gasteiger partial charge in [-0.15, -0.1) is 0 Å². The van der Waals surface area contributed by atoms with Crippen molar-refractivity contribution in [1.82, 2.24) is 15.0 Å². The van der Waals surface area contributed by atoms with Crippen LogP contribution in [0.2, 0.25) is 0 Å². The average molecular weight is 384 g/mol. The molecule has 0 radical (unpaired) electrons. The molecule has 0 N–H and O–H groups in total. The van der Waals surface area contributed by atoms with Crippen molar-refractivity contribution in [3.05, 3.63) is 64.0 Å². The van der Waals surface area contributed by atoms with Crippen molar-refractivity contribution in [2.45, 2.75) is 13.8 Å². The maximum atomic E-state index is 11.1. The summed E-state index contributed by atoms with van der Waals surface area (Å²) in [6, 6.07) is 8.91. The molecule has 2 aromatic heterocycles. The molecule has 0 atom stereocenters. The zero-order valence-corrected chi connectivity index (χ0v) is 14.7. The molecule has 0 spiro atoms. The Morgan fingerprint density at radius 2 is 1.83 bits per heavy atom. The van der Waals surface area contributed by atoms with Gasteiger partial charge in [0.2, 0.25) is 5.88 Å². The smallest absolute Gasteiger partial charge is 0.226 e. The molecule has 0 aliphatic rings. The maximum absolute atomic E-state index is 11.1. The predicted molar refractivity (Wildman–Crippen MR) is 94.3 cm³/mol. The number of benzene rings is 1. The van der Waals surface area contributed by atoms with Gasteiger partial charge in [0.1, 0.15) is 5.75 Å². The lowest BCUT2D eigenvalue weighted by atomic mass is 10.2. The second-order valence-electron chi connectivity index (χ2n) is 5.20.